The van der Waals surface area contributed by atoms with Gasteiger partial charge in [0.15, 0.2) is 5.60 Å². The van der Waals surface area contributed by atoms with Gasteiger partial charge in [-0.3, -0.25) is 9.59 Å². The van der Waals surface area contributed by atoms with Crippen molar-refractivity contribution < 1.29 is 19.1 Å². The van der Waals surface area contributed by atoms with Crippen LogP contribution in [0.5, 0.6) is 5.75 Å². The predicted molar refractivity (Wildman–Crippen MR) is 131 cm³/mol. The number of ether oxygens (including phenoxy) is 1. The lowest BCUT2D eigenvalue weighted by Gasteiger charge is -2.40. The Kier molecular flexibility index (Phi) is 7.86. The molecule has 1 fully saturated rings. The molecule has 1 aliphatic heterocycles. The molecule has 33 heavy (non-hydrogen) atoms. The normalized spacial score (nSPS) is 18.2. The van der Waals surface area contributed by atoms with Gasteiger partial charge < -0.3 is 19.3 Å². The SMILES string of the molecule is CC(=O)CCCCN1C(=O)C(C)(C)Oc2cc(C)c(C(=O)N(C(C)C)C3CCCCC3)cc21. The van der Waals surface area contributed by atoms with Crippen molar-refractivity contribution in [1.29, 1.82) is 0 Å². The summed E-state index contributed by atoms with van der Waals surface area (Å²) in [5.41, 5.74) is 1.18. The molecule has 1 aromatic carbocycles. The number of carbonyl (C=O) groups is 3. The molecule has 0 N–H and O–H groups in total. The molecular formula is C27H40N2O4. The van der Waals surface area contributed by atoms with Gasteiger partial charge in [0.2, 0.25) is 0 Å². The standard InChI is InChI=1S/C27H40N2O4/c1-18(2)29(21-13-8-7-9-14-21)25(31)22-17-23-24(16-19(22)3)33-27(5,6)26(32)28(23)15-11-10-12-20(4)30/h16-18,21H,7-15H2,1-6H3. The first-order chi connectivity index (χ1) is 15.5. The highest BCUT2D eigenvalue weighted by Gasteiger charge is 2.41. The smallest absolute Gasteiger partial charge is 0.270 e. The van der Waals surface area contributed by atoms with Crippen LogP contribution in [0, 0.1) is 6.92 Å². The van der Waals surface area contributed by atoms with Crippen LogP contribution in [0.1, 0.15) is 102 Å². The van der Waals surface area contributed by atoms with Crippen molar-refractivity contribution in [3.05, 3.63) is 23.3 Å². The van der Waals surface area contributed by atoms with E-state index in [0.717, 1.165) is 44.1 Å². The molecule has 2 aliphatic rings. The molecule has 0 aromatic heterocycles. The van der Waals surface area contributed by atoms with E-state index in [2.05, 4.69) is 13.8 Å². The second-order valence-electron chi connectivity index (χ2n) is 10.5. The Hall–Kier alpha value is -2.37. The second-order valence-corrected chi connectivity index (χ2v) is 10.5. The number of fused-ring (bicyclic) bond motifs is 1. The molecule has 0 bridgehead atoms. The molecule has 1 heterocycles. The van der Waals surface area contributed by atoms with Crippen LogP contribution < -0.4 is 9.64 Å². The number of benzene rings is 1. The minimum Gasteiger partial charge on any atom is -0.476 e. The maximum absolute atomic E-state index is 13.8. The molecule has 1 aromatic rings. The molecule has 3 rings (SSSR count). The highest BCUT2D eigenvalue weighted by molar-refractivity contribution is 6.05. The van der Waals surface area contributed by atoms with Gasteiger partial charge in [0, 0.05) is 30.6 Å². The highest BCUT2D eigenvalue weighted by Crippen LogP contribution is 2.40. The number of anilines is 1. The van der Waals surface area contributed by atoms with Crippen molar-refractivity contribution in [2.24, 2.45) is 0 Å². The molecule has 0 unspecified atom stereocenters. The summed E-state index contributed by atoms with van der Waals surface area (Å²) in [5.74, 6) is 0.706. The summed E-state index contributed by atoms with van der Waals surface area (Å²) >= 11 is 0. The van der Waals surface area contributed by atoms with E-state index in [-0.39, 0.29) is 29.7 Å². The van der Waals surface area contributed by atoms with Gasteiger partial charge >= 0.3 is 0 Å². The number of unbranched alkanes of at least 4 members (excludes halogenated alkanes) is 1. The fourth-order valence-corrected chi connectivity index (χ4v) is 5.13. The summed E-state index contributed by atoms with van der Waals surface area (Å²) in [6.07, 6.45) is 7.62. The van der Waals surface area contributed by atoms with Gasteiger partial charge in [0.1, 0.15) is 11.5 Å². The molecule has 6 nitrogen and oxygen atoms in total. The van der Waals surface area contributed by atoms with Gasteiger partial charge in [-0.25, -0.2) is 0 Å². The zero-order valence-corrected chi connectivity index (χ0v) is 21.2. The Balaban J connectivity index is 1.94. The van der Waals surface area contributed by atoms with E-state index in [1.807, 2.05) is 24.0 Å². The number of nitrogens with zero attached hydrogens (tertiary/aromatic N) is 2. The third-order valence-electron chi connectivity index (χ3n) is 6.87. The van der Waals surface area contributed by atoms with Crippen LogP contribution >= 0.6 is 0 Å². The Labute approximate surface area is 198 Å². The molecule has 6 heteroatoms. The third-order valence-corrected chi connectivity index (χ3v) is 6.87. The van der Waals surface area contributed by atoms with Gasteiger partial charge in [0.05, 0.1) is 5.69 Å². The van der Waals surface area contributed by atoms with Crippen LogP contribution in [-0.4, -0.2) is 46.7 Å². The predicted octanol–water partition coefficient (Wildman–Crippen LogP) is 5.44. The number of amides is 2. The van der Waals surface area contributed by atoms with Crippen molar-refractivity contribution in [2.45, 2.75) is 111 Å². The maximum Gasteiger partial charge on any atom is 0.270 e. The summed E-state index contributed by atoms with van der Waals surface area (Å²) in [6, 6.07) is 4.12. The molecule has 1 aliphatic carbocycles. The largest absolute Gasteiger partial charge is 0.476 e. The van der Waals surface area contributed by atoms with Gasteiger partial charge in [-0.1, -0.05) is 19.3 Å². The van der Waals surface area contributed by atoms with E-state index in [1.165, 1.54) is 6.42 Å². The zero-order chi connectivity index (χ0) is 24.3. The molecular weight excluding hydrogens is 416 g/mol. The molecule has 0 atom stereocenters. The first-order valence-corrected chi connectivity index (χ1v) is 12.5. The van der Waals surface area contributed by atoms with E-state index in [9.17, 15) is 14.4 Å². The molecule has 0 spiro atoms. The second kappa shape index (κ2) is 10.3. The van der Waals surface area contributed by atoms with Crippen LogP contribution in [0.25, 0.3) is 0 Å². The van der Waals surface area contributed by atoms with Crippen LogP contribution in [0.4, 0.5) is 5.69 Å². The number of aryl methyl sites for hydroxylation is 1. The van der Waals surface area contributed by atoms with E-state index in [1.54, 1.807) is 25.7 Å². The third kappa shape index (κ3) is 5.59. The van der Waals surface area contributed by atoms with Crippen molar-refractivity contribution in [3.63, 3.8) is 0 Å². The highest BCUT2D eigenvalue weighted by atomic mass is 16.5. The Morgan fingerprint density at radius 1 is 1.15 bits per heavy atom. The van der Waals surface area contributed by atoms with E-state index < -0.39 is 5.60 Å². The van der Waals surface area contributed by atoms with E-state index >= 15 is 0 Å². The van der Waals surface area contributed by atoms with Crippen molar-refractivity contribution >= 4 is 23.3 Å². The molecule has 182 valence electrons. The molecule has 0 saturated heterocycles. The van der Waals surface area contributed by atoms with Gasteiger partial charge in [-0.2, -0.15) is 0 Å². The average molecular weight is 457 g/mol. The summed E-state index contributed by atoms with van der Waals surface area (Å²) in [5, 5.41) is 0. The lowest BCUT2D eigenvalue weighted by Crippen LogP contribution is -2.53. The van der Waals surface area contributed by atoms with E-state index in [0.29, 0.717) is 30.0 Å². The summed E-state index contributed by atoms with van der Waals surface area (Å²) in [6.45, 7) is 11.7. The number of hydrogen-bond donors (Lipinski definition) is 0. The summed E-state index contributed by atoms with van der Waals surface area (Å²) < 4.78 is 6.08. The summed E-state index contributed by atoms with van der Waals surface area (Å²) in [4.78, 5) is 42.1. The van der Waals surface area contributed by atoms with Gasteiger partial charge in [-0.05, 0) is 84.9 Å². The molecule has 1 saturated carbocycles. The van der Waals surface area contributed by atoms with Crippen LogP contribution in [-0.2, 0) is 9.59 Å². The van der Waals surface area contributed by atoms with Crippen molar-refractivity contribution in [1.82, 2.24) is 4.90 Å². The first-order valence-electron chi connectivity index (χ1n) is 12.5. The van der Waals surface area contributed by atoms with Crippen molar-refractivity contribution in [2.75, 3.05) is 11.4 Å². The fourth-order valence-electron chi connectivity index (χ4n) is 5.13. The average Bonchev–Trinajstić information content (AvgIpc) is 2.73. The lowest BCUT2D eigenvalue weighted by atomic mass is 9.92. The first kappa shape index (κ1) is 25.3. The van der Waals surface area contributed by atoms with Crippen molar-refractivity contribution in [3.8, 4) is 5.75 Å². The number of carbonyl (C=O) groups excluding carboxylic acids is 3. The lowest BCUT2D eigenvalue weighted by molar-refractivity contribution is -0.132. The Morgan fingerprint density at radius 3 is 2.42 bits per heavy atom. The Bertz CT molecular complexity index is 900. The zero-order valence-electron chi connectivity index (χ0n) is 21.2. The molecule has 2 amide bonds. The van der Waals surface area contributed by atoms with Gasteiger partial charge in [-0.15, -0.1) is 0 Å². The van der Waals surface area contributed by atoms with E-state index in [4.69, 9.17) is 4.74 Å². The maximum atomic E-state index is 13.8. The topological polar surface area (TPSA) is 66.9 Å². The van der Waals surface area contributed by atoms with Crippen LogP contribution in [0.15, 0.2) is 12.1 Å². The van der Waals surface area contributed by atoms with Crippen LogP contribution in [0.2, 0.25) is 0 Å². The number of hydrogen-bond acceptors (Lipinski definition) is 4. The number of ketones is 1. The monoisotopic (exact) mass is 456 g/mol. The van der Waals surface area contributed by atoms with Gasteiger partial charge in [0.25, 0.3) is 11.8 Å². The fraction of sp³-hybridized carbons (Fsp3) is 0.667. The molecule has 0 radical (unpaired) electrons. The number of Topliss-reactive ketones (excluding diaryl/α,β-unsaturated/α-hetero) is 1. The minimum atomic E-state index is -0.975. The Morgan fingerprint density at radius 2 is 1.82 bits per heavy atom. The minimum absolute atomic E-state index is 0.0333. The quantitative estimate of drug-likeness (QED) is 0.489. The van der Waals surface area contributed by atoms with Crippen LogP contribution in [0.3, 0.4) is 0 Å². The summed E-state index contributed by atoms with van der Waals surface area (Å²) in [7, 11) is 0. The number of rotatable bonds is 8.